The van der Waals surface area contributed by atoms with E-state index < -0.39 is 6.09 Å². The van der Waals surface area contributed by atoms with Crippen molar-refractivity contribution in [3.63, 3.8) is 0 Å². The number of nitrogens with two attached hydrogens (primary N) is 1. The van der Waals surface area contributed by atoms with Crippen molar-refractivity contribution in [1.29, 1.82) is 0 Å². The number of anilines is 2. The van der Waals surface area contributed by atoms with Crippen molar-refractivity contribution in [1.82, 2.24) is 4.98 Å². The van der Waals surface area contributed by atoms with Crippen LogP contribution in [0.25, 0.3) is 11.3 Å². The third-order valence-corrected chi connectivity index (χ3v) is 2.10. The van der Waals surface area contributed by atoms with Gasteiger partial charge in [-0.25, -0.2) is 9.78 Å². The molecule has 0 saturated carbocycles. The number of nitrogen functional groups attached to an aromatic ring is 1. The largest absolute Gasteiger partial charge is 0.453 e. The van der Waals surface area contributed by atoms with Gasteiger partial charge in [-0.15, -0.1) is 0 Å². The van der Waals surface area contributed by atoms with E-state index in [1.165, 1.54) is 13.3 Å². The van der Waals surface area contributed by atoms with Gasteiger partial charge in [0.05, 0.1) is 13.3 Å². The predicted octanol–water partition coefficient (Wildman–Crippen LogP) is 2.10. The number of aromatic nitrogens is 1. The fourth-order valence-electron chi connectivity index (χ4n) is 1.34. The van der Waals surface area contributed by atoms with Crippen LogP contribution in [0, 0.1) is 0 Å². The number of amides is 1. The van der Waals surface area contributed by atoms with Crippen LogP contribution in [-0.2, 0) is 4.74 Å². The van der Waals surface area contributed by atoms with Crippen LogP contribution in [-0.4, -0.2) is 18.2 Å². The van der Waals surface area contributed by atoms with E-state index in [-0.39, 0.29) is 6.01 Å². The van der Waals surface area contributed by atoms with Gasteiger partial charge in [0.1, 0.15) is 0 Å². The second-order valence-electron chi connectivity index (χ2n) is 3.26. The second kappa shape index (κ2) is 4.56. The van der Waals surface area contributed by atoms with E-state index in [4.69, 9.17) is 10.2 Å². The molecule has 2 aromatic rings. The lowest BCUT2D eigenvalue weighted by Gasteiger charge is -2.04. The highest BCUT2D eigenvalue weighted by Gasteiger charge is 2.06. The van der Waals surface area contributed by atoms with Crippen LogP contribution in [0.3, 0.4) is 0 Å². The lowest BCUT2D eigenvalue weighted by atomic mass is 10.1. The quantitative estimate of drug-likeness (QED) is 0.828. The Morgan fingerprint density at radius 2 is 2.35 bits per heavy atom. The van der Waals surface area contributed by atoms with Crippen LogP contribution in [0.4, 0.5) is 16.5 Å². The van der Waals surface area contributed by atoms with Crippen molar-refractivity contribution >= 4 is 17.8 Å². The fraction of sp³-hybridized carbons (Fsp3) is 0.0909. The first-order valence-electron chi connectivity index (χ1n) is 4.86. The number of methoxy groups -OCH3 is 1. The molecule has 0 aliphatic rings. The molecule has 1 amide bonds. The molecule has 2 rings (SSSR count). The summed E-state index contributed by atoms with van der Waals surface area (Å²) < 4.78 is 9.68. The summed E-state index contributed by atoms with van der Waals surface area (Å²) in [5.41, 5.74) is 6.76. The highest BCUT2D eigenvalue weighted by atomic mass is 16.5. The summed E-state index contributed by atoms with van der Waals surface area (Å²) >= 11 is 0. The molecule has 1 aromatic heterocycles. The maximum Gasteiger partial charge on any atom is 0.411 e. The van der Waals surface area contributed by atoms with Gasteiger partial charge in [0.15, 0.2) is 5.76 Å². The van der Waals surface area contributed by atoms with Crippen molar-refractivity contribution in [2.24, 2.45) is 0 Å². The molecule has 0 unspecified atom stereocenters. The normalized spacial score (nSPS) is 9.94. The maximum atomic E-state index is 11.0. The molecular formula is C11H11N3O3. The topological polar surface area (TPSA) is 90.4 Å². The molecule has 0 aliphatic carbocycles. The molecule has 3 N–H and O–H groups in total. The molecule has 0 bridgehead atoms. The van der Waals surface area contributed by atoms with Gasteiger partial charge < -0.3 is 14.9 Å². The molecule has 17 heavy (non-hydrogen) atoms. The van der Waals surface area contributed by atoms with Crippen molar-refractivity contribution in [2.75, 3.05) is 18.2 Å². The van der Waals surface area contributed by atoms with Crippen LogP contribution in [0.2, 0.25) is 0 Å². The molecule has 0 atom stereocenters. The van der Waals surface area contributed by atoms with Crippen molar-refractivity contribution < 1.29 is 13.9 Å². The third-order valence-electron chi connectivity index (χ3n) is 2.10. The number of hydrogen-bond acceptors (Lipinski definition) is 5. The Balaban J connectivity index is 2.25. The van der Waals surface area contributed by atoms with Gasteiger partial charge in [0.25, 0.3) is 6.01 Å². The van der Waals surface area contributed by atoms with E-state index in [9.17, 15) is 4.79 Å². The number of carbonyl (C=O) groups is 1. The van der Waals surface area contributed by atoms with Gasteiger partial charge in [-0.05, 0) is 12.1 Å². The first-order chi connectivity index (χ1) is 8.19. The SMILES string of the molecule is COC(=O)Nc1cccc(-c2cnc(N)o2)c1. The third kappa shape index (κ3) is 2.54. The molecule has 1 heterocycles. The Hall–Kier alpha value is -2.50. The number of carbonyl (C=O) groups excluding carboxylic acids is 1. The Kier molecular flexibility index (Phi) is 2.95. The number of oxazole rings is 1. The molecule has 0 spiro atoms. The number of nitrogens with one attached hydrogen (secondary N) is 1. The highest BCUT2D eigenvalue weighted by Crippen LogP contribution is 2.24. The Bertz CT molecular complexity index is 536. The summed E-state index contributed by atoms with van der Waals surface area (Å²) in [6.07, 6.45) is 0.992. The van der Waals surface area contributed by atoms with Crippen LogP contribution in [0.15, 0.2) is 34.9 Å². The monoisotopic (exact) mass is 233 g/mol. The summed E-state index contributed by atoms with van der Waals surface area (Å²) in [4.78, 5) is 14.8. The zero-order chi connectivity index (χ0) is 12.3. The minimum Gasteiger partial charge on any atom is -0.453 e. The zero-order valence-corrected chi connectivity index (χ0v) is 9.14. The van der Waals surface area contributed by atoms with E-state index in [1.807, 2.05) is 6.07 Å². The molecule has 1 aromatic carbocycles. The Morgan fingerprint density at radius 3 is 3.00 bits per heavy atom. The Morgan fingerprint density at radius 1 is 1.53 bits per heavy atom. The lowest BCUT2D eigenvalue weighted by molar-refractivity contribution is 0.187. The molecule has 0 aliphatic heterocycles. The van der Waals surface area contributed by atoms with Crippen LogP contribution in [0.5, 0.6) is 0 Å². The molecule has 0 saturated heterocycles. The maximum absolute atomic E-state index is 11.0. The second-order valence-corrected chi connectivity index (χ2v) is 3.26. The predicted molar refractivity (Wildman–Crippen MR) is 62.4 cm³/mol. The summed E-state index contributed by atoms with van der Waals surface area (Å²) in [7, 11) is 1.30. The van der Waals surface area contributed by atoms with Gasteiger partial charge in [-0.1, -0.05) is 12.1 Å². The summed E-state index contributed by atoms with van der Waals surface area (Å²) in [5, 5.41) is 2.55. The van der Waals surface area contributed by atoms with Gasteiger partial charge in [-0.2, -0.15) is 0 Å². The minimum absolute atomic E-state index is 0.103. The van der Waals surface area contributed by atoms with Crippen LogP contribution >= 0.6 is 0 Å². The standard InChI is InChI=1S/C11H11N3O3/c1-16-11(15)14-8-4-2-3-7(5-8)9-6-13-10(12)17-9/h2-6H,1H3,(H2,12,13)(H,14,15). The molecule has 0 radical (unpaired) electrons. The summed E-state index contributed by atoms with van der Waals surface area (Å²) in [6, 6.07) is 7.17. The van der Waals surface area contributed by atoms with E-state index in [0.717, 1.165) is 5.56 Å². The van der Waals surface area contributed by atoms with E-state index in [1.54, 1.807) is 18.2 Å². The van der Waals surface area contributed by atoms with E-state index >= 15 is 0 Å². The smallest absolute Gasteiger partial charge is 0.411 e. The van der Waals surface area contributed by atoms with E-state index in [0.29, 0.717) is 11.4 Å². The van der Waals surface area contributed by atoms with Gasteiger partial charge in [0, 0.05) is 11.3 Å². The van der Waals surface area contributed by atoms with Gasteiger partial charge in [-0.3, -0.25) is 5.32 Å². The highest BCUT2D eigenvalue weighted by molar-refractivity contribution is 5.85. The zero-order valence-electron chi connectivity index (χ0n) is 9.14. The molecule has 88 valence electrons. The molecule has 6 nitrogen and oxygen atoms in total. The average Bonchev–Trinajstić information content (AvgIpc) is 2.76. The first-order valence-corrected chi connectivity index (χ1v) is 4.86. The first kappa shape index (κ1) is 11.0. The van der Waals surface area contributed by atoms with Crippen LogP contribution in [0.1, 0.15) is 0 Å². The Labute approximate surface area is 97.4 Å². The van der Waals surface area contributed by atoms with Crippen molar-refractivity contribution in [2.45, 2.75) is 0 Å². The molecule has 0 fully saturated rings. The van der Waals surface area contributed by atoms with Gasteiger partial charge in [0.2, 0.25) is 0 Å². The number of rotatable bonds is 2. The summed E-state index contributed by atoms with van der Waals surface area (Å²) in [5.74, 6) is 0.538. The molecular weight excluding hydrogens is 222 g/mol. The molecule has 6 heteroatoms. The number of hydrogen-bond donors (Lipinski definition) is 2. The fourth-order valence-corrected chi connectivity index (χ4v) is 1.34. The number of benzene rings is 1. The van der Waals surface area contributed by atoms with Crippen molar-refractivity contribution in [3.05, 3.63) is 30.5 Å². The summed E-state index contributed by atoms with van der Waals surface area (Å²) in [6.45, 7) is 0. The number of nitrogens with zero attached hydrogens (tertiary/aromatic N) is 1. The lowest BCUT2D eigenvalue weighted by Crippen LogP contribution is -2.10. The van der Waals surface area contributed by atoms with Crippen LogP contribution < -0.4 is 11.1 Å². The van der Waals surface area contributed by atoms with Gasteiger partial charge >= 0.3 is 6.09 Å². The van der Waals surface area contributed by atoms with Crippen molar-refractivity contribution in [3.8, 4) is 11.3 Å². The average molecular weight is 233 g/mol. The number of ether oxygens (including phenoxy) is 1. The van der Waals surface area contributed by atoms with E-state index in [2.05, 4.69) is 15.0 Å². The minimum atomic E-state index is -0.528.